The van der Waals surface area contributed by atoms with Crippen molar-refractivity contribution in [2.75, 3.05) is 32.3 Å². The van der Waals surface area contributed by atoms with E-state index < -0.39 is 23.7 Å². The van der Waals surface area contributed by atoms with E-state index in [2.05, 4.69) is 11.9 Å². The monoisotopic (exact) mass is 594 g/mol. The summed E-state index contributed by atoms with van der Waals surface area (Å²) < 4.78 is 22.0. The molecule has 0 aliphatic carbocycles. The maximum absolute atomic E-state index is 13.6. The quantitative estimate of drug-likeness (QED) is 0.0905. The molecule has 1 unspecified atom stereocenters. The highest BCUT2D eigenvalue weighted by atomic mass is 32.1. The Bertz CT molecular complexity index is 1510. The minimum Gasteiger partial charge on any atom is -0.507 e. The smallest absolute Gasteiger partial charge is 0.350 e. The van der Waals surface area contributed by atoms with Gasteiger partial charge in [0, 0.05) is 5.56 Å². The number of ketones is 1. The van der Waals surface area contributed by atoms with Gasteiger partial charge in [0.1, 0.15) is 16.4 Å². The van der Waals surface area contributed by atoms with Crippen LogP contribution in [0, 0.1) is 6.92 Å². The molecule has 0 saturated carbocycles. The second-order valence-electron chi connectivity index (χ2n) is 9.50. The highest BCUT2D eigenvalue weighted by Gasteiger charge is 2.48. The molecular formula is C31H34N2O8S. The van der Waals surface area contributed by atoms with Gasteiger partial charge in [-0.25, -0.2) is 9.78 Å². The largest absolute Gasteiger partial charge is 0.507 e. The van der Waals surface area contributed by atoms with Gasteiger partial charge in [0.2, 0.25) is 0 Å². The second kappa shape index (κ2) is 13.5. The number of anilines is 1. The highest BCUT2D eigenvalue weighted by Crippen LogP contribution is 2.45. The molecule has 1 fully saturated rings. The number of carbonyl (C=O) groups is 3. The van der Waals surface area contributed by atoms with Gasteiger partial charge in [-0.3, -0.25) is 14.5 Å². The molecule has 0 spiro atoms. The van der Waals surface area contributed by atoms with E-state index in [1.807, 2.05) is 0 Å². The van der Waals surface area contributed by atoms with E-state index >= 15 is 0 Å². The third-order valence-corrected chi connectivity index (χ3v) is 7.89. The van der Waals surface area contributed by atoms with Crippen LogP contribution in [0.5, 0.6) is 17.2 Å². The molecule has 1 amide bonds. The number of hydrogen-bond donors (Lipinski definition) is 1. The molecule has 10 nitrogen and oxygen atoms in total. The Balaban J connectivity index is 1.88. The van der Waals surface area contributed by atoms with Gasteiger partial charge in [0.25, 0.3) is 5.78 Å². The second-order valence-corrected chi connectivity index (χ2v) is 10.5. The lowest BCUT2D eigenvalue weighted by atomic mass is 9.95. The zero-order valence-electron chi connectivity index (χ0n) is 24.3. The van der Waals surface area contributed by atoms with Gasteiger partial charge in [-0.2, -0.15) is 0 Å². The van der Waals surface area contributed by atoms with Crippen molar-refractivity contribution in [1.29, 1.82) is 0 Å². The van der Waals surface area contributed by atoms with Crippen LogP contribution in [0.3, 0.4) is 0 Å². The molecule has 11 heteroatoms. The van der Waals surface area contributed by atoms with Crippen LogP contribution in [-0.2, 0) is 14.3 Å². The van der Waals surface area contributed by atoms with Crippen molar-refractivity contribution in [3.05, 3.63) is 69.7 Å². The SMILES string of the molecule is CCCCCOc1ccc(C2C(=C(O)c3cccc(OC)c3)C(=O)C(=O)N2c2nc(C)c(C(=O)OCC)s2)cc1OC. The van der Waals surface area contributed by atoms with Crippen LogP contribution in [0.1, 0.15) is 65.6 Å². The van der Waals surface area contributed by atoms with Gasteiger partial charge in [-0.1, -0.05) is 49.3 Å². The summed E-state index contributed by atoms with van der Waals surface area (Å²) in [6.07, 6.45) is 2.97. The number of benzene rings is 2. The number of esters is 1. The van der Waals surface area contributed by atoms with Gasteiger partial charge >= 0.3 is 11.9 Å². The van der Waals surface area contributed by atoms with Crippen LogP contribution in [0.4, 0.5) is 5.13 Å². The Morgan fingerprint density at radius 2 is 1.83 bits per heavy atom. The molecule has 1 aliphatic rings. The molecule has 222 valence electrons. The zero-order chi connectivity index (χ0) is 30.4. The first-order chi connectivity index (χ1) is 20.2. The van der Waals surface area contributed by atoms with Gasteiger partial charge in [0.05, 0.1) is 44.7 Å². The number of unbranched alkanes of at least 4 members (excludes halogenated alkanes) is 2. The topological polar surface area (TPSA) is 124 Å². The van der Waals surface area contributed by atoms with E-state index in [1.54, 1.807) is 56.3 Å². The maximum atomic E-state index is 13.6. The summed E-state index contributed by atoms with van der Waals surface area (Å²) in [6.45, 7) is 6.10. The lowest BCUT2D eigenvalue weighted by Gasteiger charge is -2.24. The summed E-state index contributed by atoms with van der Waals surface area (Å²) in [5.74, 6) is -1.37. The van der Waals surface area contributed by atoms with E-state index in [9.17, 15) is 19.5 Å². The van der Waals surface area contributed by atoms with E-state index in [0.29, 0.717) is 40.7 Å². The molecule has 0 radical (unpaired) electrons. The fourth-order valence-corrected chi connectivity index (χ4v) is 5.64. The van der Waals surface area contributed by atoms with Crippen LogP contribution >= 0.6 is 11.3 Å². The molecule has 0 bridgehead atoms. The Hall–Kier alpha value is -4.38. The predicted molar refractivity (Wildman–Crippen MR) is 159 cm³/mol. The van der Waals surface area contributed by atoms with Gasteiger partial charge in [-0.15, -0.1) is 0 Å². The number of ether oxygens (including phenoxy) is 4. The molecule has 42 heavy (non-hydrogen) atoms. The summed E-state index contributed by atoms with van der Waals surface area (Å²) in [5.41, 5.74) is 0.984. The first kappa shape index (κ1) is 30.6. The molecule has 1 aliphatic heterocycles. The number of methoxy groups -OCH3 is 2. The number of aryl methyl sites for hydroxylation is 1. The van der Waals surface area contributed by atoms with E-state index in [1.165, 1.54) is 19.1 Å². The van der Waals surface area contributed by atoms with E-state index in [0.717, 1.165) is 30.6 Å². The van der Waals surface area contributed by atoms with Crippen molar-refractivity contribution >= 4 is 39.9 Å². The van der Waals surface area contributed by atoms with Crippen molar-refractivity contribution < 1.29 is 38.4 Å². The van der Waals surface area contributed by atoms with Crippen LogP contribution in [0.25, 0.3) is 5.76 Å². The Labute approximate surface area is 248 Å². The van der Waals surface area contributed by atoms with Crippen molar-refractivity contribution in [1.82, 2.24) is 4.98 Å². The number of nitrogens with zero attached hydrogens (tertiary/aromatic N) is 2. The number of Topliss-reactive ketones (excluding diaryl/α,β-unsaturated/α-hetero) is 1. The minimum atomic E-state index is -1.08. The van der Waals surface area contributed by atoms with Crippen molar-refractivity contribution in [3.8, 4) is 17.2 Å². The maximum Gasteiger partial charge on any atom is 0.350 e. The summed E-state index contributed by atoms with van der Waals surface area (Å²) in [6, 6.07) is 10.6. The average molecular weight is 595 g/mol. The Kier molecular flexibility index (Phi) is 9.84. The first-order valence-electron chi connectivity index (χ1n) is 13.7. The van der Waals surface area contributed by atoms with E-state index in [4.69, 9.17) is 18.9 Å². The number of aliphatic hydroxyl groups is 1. The van der Waals surface area contributed by atoms with Crippen LogP contribution < -0.4 is 19.1 Å². The molecule has 1 atom stereocenters. The normalized spacial score (nSPS) is 16.0. The number of thiazole rings is 1. The number of hydrogen-bond acceptors (Lipinski definition) is 10. The molecule has 1 saturated heterocycles. The van der Waals surface area contributed by atoms with Crippen LogP contribution in [0.15, 0.2) is 48.0 Å². The highest BCUT2D eigenvalue weighted by molar-refractivity contribution is 7.17. The standard InChI is InChI=1S/C31H34N2O8S/c1-6-8-9-15-41-22-14-13-19(17-23(22)39-5)25-24(26(34)20-11-10-12-21(16-20)38-4)27(35)29(36)33(25)31-32-18(3)28(42-31)30(37)40-7-2/h10-14,16-17,25,34H,6-9,15H2,1-5H3. The Morgan fingerprint density at radius 3 is 2.52 bits per heavy atom. The number of amides is 1. The molecule has 3 aromatic rings. The molecule has 4 rings (SSSR count). The van der Waals surface area contributed by atoms with Crippen molar-refractivity contribution in [2.45, 2.75) is 46.1 Å². The van der Waals surface area contributed by atoms with Crippen molar-refractivity contribution in [3.63, 3.8) is 0 Å². The van der Waals surface area contributed by atoms with Gasteiger partial charge < -0.3 is 24.1 Å². The van der Waals surface area contributed by atoms with Crippen molar-refractivity contribution in [2.24, 2.45) is 0 Å². The molecule has 2 heterocycles. The Morgan fingerprint density at radius 1 is 1.05 bits per heavy atom. The third kappa shape index (κ3) is 6.11. The number of aromatic nitrogens is 1. The minimum absolute atomic E-state index is 0.117. The lowest BCUT2D eigenvalue weighted by Crippen LogP contribution is -2.29. The molecule has 1 aromatic heterocycles. The van der Waals surface area contributed by atoms with Crippen LogP contribution in [-0.4, -0.2) is 55.2 Å². The summed E-state index contributed by atoms with van der Waals surface area (Å²) in [4.78, 5) is 45.6. The van der Waals surface area contributed by atoms with E-state index in [-0.39, 0.29) is 27.9 Å². The molecule has 1 N–H and O–H groups in total. The van der Waals surface area contributed by atoms with Gasteiger partial charge in [0.15, 0.2) is 16.6 Å². The molecular weight excluding hydrogens is 560 g/mol. The number of carbonyl (C=O) groups excluding carboxylic acids is 3. The van der Waals surface area contributed by atoms with Gasteiger partial charge in [-0.05, 0) is 50.1 Å². The number of aliphatic hydroxyl groups excluding tert-OH is 1. The van der Waals surface area contributed by atoms with Crippen LogP contribution in [0.2, 0.25) is 0 Å². The fraction of sp³-hybridized carbons (Fsp3) is 0.355. The first-order valence-corrected chi connectivity index (χ1v) is 14.5. The summed E-state index contributed by atoms with van der Waals surface area (Å²) in [5, 5.41) is 11.6. The predicted octanol–water partition coefficient (Wildman–Crippen LogP) is 5.84. The number of rotatable bonds is 12. The zero-order valence-corrected chi connectivity index (χ0v) is 25.1. The average Bonchev–Trinajstić information content (AvgIpc) is 3.51. The summed E-state index contributed by atoms with van der Waals surface area (Å²) >= 11 is 0.941. The lowest BCUT2D eigenvalue weighted by molar-refractivity contribution is -0.132. The summed E-state index contributed by atoms with van der Waals surface area (Å²) in [7, 11) is 2.99. The molecule has 2 aromatic carbocycles. The third-order valence-electron chi connectivity index (χ3n) is 6.75. The fourth-order valence-electron chi connectivity index (χ4n) is 4.65.